The average Bonchev–Trinajstić information content (AvgIpc) is 3.14. The maximum Gasteiger partial charge on any atom is 0.276 e. The van der Waals surface area contributed by atoms with E-state index in [-0.39, 0.29) is 18.6 Å². The Morgan fingerprint density at radius 1 is 1.13 bits per heavy atom. The highest BCUT2D eigenvalue weighted by Crippen LogP contribution is 2.33. The van der Waals surface area contributed by atoms with Crippen LogP contribution in [0.2, 0.25) is 0 Å². The van der Waals surface area contributed by atoms with Crippen LogP contribution in [0.3, 0.4) is 0 Å². The summed E-state index contributed by atoms with van der Waals surface area (Å²) in [4.78, 5) is 15.4. The van der Waals surface area contributed by atoms with Crippen LogP contribution >= 0.6 is 0 Å². The van der Waals surface area contributed by atoms with Crippen LogP contribution in [0.15, 0.2) is 53.1 Å². The van der Waals surface area contributed by atoms with Crippen molar-refractivity contribution in [2.24, 2.45) is 0 Å². The Labute approximate surface area is 177 Å². The monoisotopic (exact) mass is 404 g/mol. The zero-order chi connectivity index (χ0) is 21.1. The van der Waals surface area contributed by atoms with Gasteiger partial charge in [0.25, 0.3) is 5.91 Å². The third kappa shape index (κ3) is 4.11. The second-order valence-electron chi connectivity index (χ2n) is 8.04. The molecule has 1 aliphatic heterocycles. The predicted octanol–water partition coefficient (Wildman–Crippen LogP) is 5.55. The van der Waals surface area contributed by atoms with Gasteiger partial charge in [0.05, 0.1) is 11.6 Å². The van der Waals surface area contributed by atoms with Gasteiger partial charge in [-0.1, -0.05) is 47.6 Å². The van der Waals surface area contributed by atoms with Crippen LogP contribution < -0.4 is 4.74 Å². The van der Waals surface area contributed by atoms with Crippen LogP contribution in [-0.2, 0) is 6.61 Å². The quantitative estimate of drug-likeness (QED) is 0.560. The van der Waals surface area contributed by atoms with Gasteiger partial charge in [-0.2, -0.15) is 0 Å². The second kappa shape index (κ2) is 8.74. The molecule has 156 valence electrons. The minimum atomic E-state index is -0.0834. The Bertz CT molecular complexity index is 1030. The summed E-state index contributed by atoms with van der Waals surface area (Å²) >= 11 is 0. The van der Waals surface area contributed by atoms with E-state index in [4.69, 9.17) is 9.26 Å². The lowest BCUT2D eigenvalue weighted by molar-refractivity contribution is 0.0598. The molecule has 5 nitrogen and oxygen atoms in total. The number of likely N-dealkylation sites (tertiary alicyclic amines) is 1. The van der Waals surface area contributed by atoms with Crippen molar-refractivity contribution < 1.29 is 14.1 Å². The minimum Gasteiger partial charge on any atom is -0.488 e. The molecule has 1 aromatic heterocycles. The summed E-state index contributed by atoms with van der Waals surface area (Å²) in [7, 11) is 0. The Morgan fingerprint density at radius 2 is 1.93 bits per heavy atom. The van der Waals surface area contributed by atoms with Crippen molar-refractivity contribution in [2.75, 3.05) is 6.54 Å². The maximum absolute atomic E-state index is 13.5. The van der Waals surface area contributed by atoms with E-state index in [0.29, 0.717) is 11.5 Å². The Hall–Kier alpha value is -3.08. The van der Waals surface area contributed by atoms with Crippen LogP contribution in [0, 0.1) is 20.8 Å². The fourth-order valence-electron chi connectivity index (χ4n) is 4.07. The molecule has 0 N–H and O–H groups in total. The Balaban J connectivity index is 1.58. The first-order valence-electron chi connectivity index (χ1n) is 10.6. The van der Waals surface area contributed by atoms with Crippen LogP contribution in [-0.4, -0.2) is 22.5 Å². The number of nitrogens with zero attached hydrogens (tertiary/aromatic N) is 2. The molecule has 0 aliphatic carbocycles. The molecule has 1 aliphatic rings. The first-order chi connectivity index (χ1) is 14.5. The molecule has 2 heterocycles. The molecule has 4 rings (SSSR count). The first kappa shape index (κ1) is 20.2. The number of amides is 1. The van der Waals surface area contributed by atoms with Crippen molar-refractivity contribution in [1.29, 1.82) is 0 Å². The molecule has 0 bridgehead atoms. The summed E-state index contributed by atoms with van der Waals surface area (Å²) in [6.07, 6.45) is 3.07. The minimum absolute atomic E-state index is 0.0669. The molecule has 0 saturated carbocycles. The van der Waals surface area contributed by atoms with Gasteiger partial charge in [-0.05, 0) is 62.8 Å². The highest BCUT2D eigenvalue weighted by molar-refractivity contribution is 5.94. The normalized spacial score (nSPS) is 16.5. The summed E-state index contributed by atoms with van der Waals surface area (Å²) in [5.41, 5.74) is 4.44. The molecule has 1 fully saturated rings. The van der Waals surface area contributed by atoms with Gasteiger partial charge in [0, 0.05) is 6.54 Å². The average molecular weight is 405 g/mol. The van der Waals surface area contributed by atoms with Gasteiger partial charge in [0.15, 0.2) is 5.69 Å². The molecule has 3 aromatic rings. The molecule has 1 unspecified atom stereocenters. The lowest BCUT2D eigenvalue weighted by Gasteiger charge is -2.35. The standard InChI is InChI=1S/C25H28N2O3/c1-17-12-13-18(2)23(15-17)29-16-21-19(3)30-26-24(21)25(28)27-14-8-7-11-22(27)20-9-5-4-6-10-20/h4-6,9-10,12-13,15,22H,7-8,11,14,16H2,1-3H3. The summed E-state index contributed by atoms with van der Waals surface area (Å²) in [6.45, 7) is 6.86. The van der Waals surface area contributed by atoms with E-state index < -0.39 is 0 Å². The smallest absolute Gasteiger partial charge is 0.276 e. The fraction of sp³-hybridized carbons (Fsp3) is 0.360. The zero-order valence-electron chi connectivity index (χ0n) is 17.9. The van der Waals surface area contributed by atoms with E-state index in [9.17, 15) is 4.79 Å². The lowest BCUT2D eigenvalue weighted by atomic mass is 9.94. The van der Waals surface area contributed by atoms with Crippen molar-refractivity contribution in [1.82, 2.24) is 10.1 Å². The first-order valence-corrected chi connectivity index (χ1v) is 10.6. The van der Waals surface area contributed by atoms with Gasteiger partial charge in [-0.15, -0.1) is 0 Å². The van der Waals surface area contributed by atoms with E-state index in [1.165, 1.54) is 5.56 Å². The summed E-state index contributed by atoms with van der Waals surface area (Å²) < 4.78 is 11.5. The van der Waals surface area contributed by atoms with Crippen LogP contribution in [0.1, 0.15) is 63.8 Å². The summed E-state index contributed by atoms with van der Waals surface area (Å²) in [5, 5.41) is 4.13. The molecular weight excluding hydrogens is 376 g/mol. The van der Waals surface area contributed by atoms with Gasteiger partial charge < -0.3 is 14.2 Å². The number of carbonyl (C=O) groups is 1. The highest BCUT2D eigenvalue weighted by Gasteiger charge is 2.32. The SMILES string of the molecule is Cc1ccc(C)c(OCc2c(C(=O)N3CCCCC3c3ccccc3)noc2C)c1. The number of hydrogen-bond acceptors (Lipinski definition) is 4. The van der Waals surface area contributed by atoms with Crippen molar-refractivity contribution >= 4 is 5.91 Å². The van der Waals surface area contributed by atoms with Gasteiger partial charge in [-0.3, -0.25) is 4.79 Å². The van der Waals surface area contributed by atoms with E-state index in [0.717, 1.165) is 48.2 Å². The van der Waals surface area contributed by atoms with Crippen LogP contribution in [0.5, 0.6) is 5.75 Å². The van der Waals surface area contributed by atoms with E-state index in [1.54, 1.807) is 0 Å². The topological polar surface area (TPSA) is 55.6 Å². The number of piperidine rings is 1. The number of benzene rings is 2. The van der Waals surface area contributed by atoms with Crippen LogP contribution in [0.4, 0.5) is 0 Å². The maximum atomic E-state index is 13.5. The van der Waals surface area contributed by atoms with Crippen molar-refractivity contribution in [2.45, 2.75) is 52.7 Å². The number of hydrogen-bond donors (Lipinski definition) is 0. The molecule has 5 heteroatoms. The molecule has 0 radical (unpaired) electrons. The molecule has 1 amide bonds. The van der Waals surface area contributed by atoms with E-state index in [2.05, 4.69) is 23.4 Å². The number of rotatable bonds is 5. The fourth-order valence-corrected chi connectivity index (χ4v) is 4.07. The van der Waals surface area contributed by atoms with Gasteiger partial charge >= 0.3 is 0 Å². The predicted molar refractivity (Wildman–Crippen MR) is 116 cm³/mol. The molecular formula is C25H28N2O3. The third-order valence-electron chi connectivity index (χ3n) is 5.85. The van der Waals surface area contributed by atoms with Gasteiger partial charge in [0.2, 0.25) is 0 Å². The third-order valence-corrected chi connectivity index (χ3v) is 5.85. The van der Waals surface area contributed by atoms with E-state index in [1.807, 2.05) is 56.0 Å². The van der Waals surface area contributed by atoms with Gasteiger partial charge in [-0.25, -0.2) is 0 Å². The molecule has 1 saturated heterocycles. The molecule has 1 atom stereocenters. The zero-order valence-corrected chi connectivity index (χ0v) is 17.9. The Kier molecular flexibility index (Phi) is 5.88. The summed E-state index contributed by atoms with van der Waals surface area (Å²) in [6, 6.07) is 16.4. The van der Waals surface area contributed by atoms with Crippen molar-refractivity contribution in [3.8, 4) is 5.75 Å². The van der Waals surface area contributed by atoms with Gasteiger partial charge in [0.1, 0.15) is 18.1 Å². The lowest BCUT2D eigenvalue weighted by Crippen LogP contribution is -2.39. The molecule has 2 aromatic carbocycles. The highest BCUT2D eigenvalue weighted by atomic mass is 16.5. The van der Waals surface area contributed by atoms with Crippen LogP contribution in [0.25, 0.3) is 0 Å². The number of aryl methyl sites for hydroxylation is 3. The second-order valence-corrected chi connectivity index (χ2v) is 8.04. The number of carbonyl (C=O) groups excluding carboxylic acids is 1. The van der Waals surface area contributed by atoms with E-state index >= 15 is 0 Å². The molecule has 0 spiro atoms. The van der Waals surface area contributed by atoms with Crippen molar-refractivity contribution in [3.63, 3.8) is 0 Å². The number of aromatic nitrogens is 1. The largest absolute Gasteiger partial charge is 0.488 e. The molecule has 30 heavy (non-hydrogen) atoms. The Morgan fingerprint density at radius 3 is 2.73 bits per heavy atom. The number of ether oxygens (including phenoxy) is 1. The summed E-state index contributed by atoms with van der Waals surface area (Å²) in [5.74, 6) is 1.35. The van der Waals surface area contributed by atoms with Crippen molar-refractivity contribution in [3.05, 3.63) is 82.2 Å².